The highest BCUT2D eigenvalue weighted by Crippen LogP contribution is 2.18. The van der Waals surface area contributed by atoms with Gasteiger partial charge in [0, 0.05) is 19.7 Å². The number of ether oxygens (including phenoxy) is 1. The van der Waals surface area contributed by atoms with Gasteiger partial charge in [-0.05, 0) is 18.4 Å². The quantitative estimate of drug-likeness (QED) is 0.803. The van der Waals surface area contributed by atoms with Gasteiger partial charge < -0.3 is 15.8 Å². The molecule has 1 saturated heterocycles. The lowest BCUT2D eigenvalue weighted by molar-refractivity contribution is 0.0232. The van der Waals surface area contributed by atoms with Crippen molar-refractivity contribution >= 4 is 0 Å². The lowest BCUT2D eigenvalue weighted by Gasteiger charge is -2.37. The third-order valence-electron chi connectivity index (χ3n) is 3.22. The Morgan fingerprint density at radius 2 is 2.12 bits per heavy atom. The number of benzene rings is 1. The first-order chi connectivity index (χ1) is 7.85. The Labute approximate surface area is 97.0 Å². The van der Waals surface area contributed by atoms with Gasteiger partial charge in [0.25, 0.3) is 0 Å². The van der Waals surface area contributed by atoms with E-state index in [1.165, 1.54) is 5.56 Å². The molecular formula is C13H20N2O. The summed E-state index contributed by atoms with van der Waals surface area (Å²) >= 11 is 0. The minimum Gasteiger partial charge on any atom is -0.379 e. The van der Waals surface area contributed by atoms with Gasteiger partial charge in [-0.1, -0.05) is 30.3 Å². The molecule has 1 unspecified atom stereocenters. The Morgan fingerprint density at radius 1 is 1.31 bits per heavy atom. The standard InChI is InChI=1S/C13H20N2O/c14-10-13(7-4-8-16-11-13)15-9-12-5-2-1-3-6-12/h1-3,5-6,15H,4,7-11,14H2. The maximum absolute atomic E-state index is 5.86. The van der Waals surface area contributed by atoms with Crippen LogP contribution in [0.5, 0.6) is 0 Å². The molecule has 0 aromatic heterocycles. The second-order valence-corrected chi connectivity index (χ2v) is 4.48. The molecule has 1 aliphatic rings. The van der Waals surface area contributed by atoms with Crippen molar-refractivity contribution < 1.29 is 4.74 Å². The third kappa shape index (κ3) is 2.82. The van der Waals surface area contributed by atoms with Crippen molar-refractivity contribution in [3.8, 4) is 0 Å². The predicted octanol–water partition coefficient (Wildman–Crippen LogP) is 1.28. The first-order valence-corrected chi connectivity index (χ1v) is 5.91. The topological polar surface area (TPSA) is 47.3 Å². The normalized spacial score (nSPS) is 25.6. The van der Waals surface area contributed by atoms with Crippen LogP contribution >= 0.6 is 0 Å². The van der Waals surface area contributed by atoms with Gasteiger partial charge in [0.1, 0.15) is 0 Å². The molecule has 0 spiro atoms. The zero-order valence-electron chi connectivity index (χ0n) is 9.61. The molecule has 1 atom stereocenters. The Hall–Kier alpha value is -0.900. The summed E-state index contributed by atoms with van der Waals surface area (Å²) in [6.45, 7) is 3.10. The van der Waals surface area contributed by atoms with Crippen molar-refractivity contribution in [2.45, 2.75) is 24.9 Å². The van der Waals surface area contributed by atoms with E-state index in [2.05, 4.69) is 29.6 Å². The van der Waals surface area contributed by atoms with Gasteiger partial charge in [0.05, 0.1) is 12.1 Å². The Morgan fingerprint density at radius 3 is 2.75 bits per heavy atom. The van der Waals surface area contributed by atoms with E-state index in [4.69, 9.17) is 10.5 Å². The van der Waals surface area contributed by atoms with Crippen LogP contribution in [-0.4, -0.2) is 25.3 Å². The average Bonchev–Trinajstić information content (AvgIpc) is 2.39. The van der Waals surface area contributed by atoms with Crippen LogP contribution in [0.3, 0.4) is 0 Å². The van der Waals surface area contributed by atoms with E-state index in [-0.39, 0.29) is 5.54 Å². The minimum atomic E-state index is -0.0198. The molecule has 1 aromatic rings. The summed E-state index contributed by atoms with van der Waals surface area (Å²) in [6, 6.07) is 10.4. The van der Waals surface area contributed by atoms with Crippen LogP contribution in [0.2, 0.25) is 0 Å². The van der Waals surface area contributed by atoms with Crippen LogP contribution in [0.4, 0.5) is 0 Å². The predicted molar refractivity (Wildman–Crippen MR) is 65.1 cm³/mol. The summed E-state index contributed by atoms with van der Waals surface area (Å²) < 4.78 is 5.52. The van der Waals surface area contributed by atoms with Crippen molar-refractivity contribution in [1.29, 1.82) is 0 Å². The highest BCUT2D eigenvalue weighted by Gasteiger charge is 2.30. The SMILES string of the molecule is NCC1(NCc2ccccc2)CCCOC1. The van der Waals surface area contributed by atoms with E-state index in [1.54, 1.807) is 0 Å². The zero-order chi connectivity index (χ0) is 11.3. The molecule has 0 aliphatic carbocycles. The highest BCUT2D eigenvalue weighted by atomic mass is 16.5. The molecule has 3 heteroatoms. The molecule has 0 bridgehead atoms. The van der Waals surface area contributed by atoms with Crippen LogP contribution in [0, 0.1) is 0 Å². The van der Waals surface area contributed by atoms with Crippen LogP contribution in [0.25, 0.3) is 0 Å². The molecule has 1 aromatic carbocycles. The second-order valence-electron chi connectivity index (χ2n) is 4.48. The number of hydrogen-bond acceptors (Lipinski definition) is 3. The maximum Gasteiger partial charge on any atom is 0.0660 e. The van der Waals surface area contributed by atoms with Crippen LogP contribution in [0.1, 0.15) is 18.4 Å². The second kappa shape index (κ2) is 5.43. The Kier molecular flexibility index (Phi) is 3.93. The lowest BCUT2D eigenvalue weighted by atomic mass is 9.92. The van der Waals surface area contributed by atoms with E-state index in [9.17, 15) is 0 Å². The molecule has 1 fully saturated rings. The fraction of sp³-hybridized carbons (Fsp3) is 0.538. The highest BCUT2D eigenvalue weighted by molar-refractivity contribution is 5.14. The molecule has 1 heterocycles. The van der Waals surface area contributed by atoms with E-state index < -0.39 is 0 Å². The van der Waals surface area contributed by atoms with E-state index in [0.29, 0.717) is 6.54 Å². The van der Waals surface area contributed by atoms with Crippen molar-refractivity contribution in [1.82, 2.24) is 5.32 Å². The number of nitrogens with two attached hydrogens (primary N) is 1. The maximum atomic E-state index is 5.86. The zero-order valence-corrected chi connectivity index (χ0v) is 9.61. The molecule has 3 nitrogen and oxygen atoms in total. The largest absolute Gasteiger partial charge is 0.379 e. The smallest absolute Gasteiger partial charge is 0.0660 e. The van der Waals surface area contributed by atoms with Crippen LogP contribution in [-0.2, 0) is 11.3 Å². The first-order valence-electron chi connectivity index (χ1n) is 5.91. The molecule has 2 rings (SSSR count). The van der Waals surface area contributed by atoms with Gasteiger partial charge >= 0.3 is 0 Å². The fourth-order valence-electron chi connectivity index (χ4n) is 2.11. The molecule has 3 N–H and O–H groups in total. The van der Waals surface area contributed by atoms with E-state index in [0.717, 1.165) is 32.6 Å². The number of rotatable bonds is 4. The Balaban J connectivity index is 1.92. The van der Waals surface area contributed by atoms with Gasteiger partial charge in [-0.25, -0.2) is 0 Å². The van der Waals surface area contributed by atoms with Crippen molar-refractivity contribution in [2.75, 3.05) is 19.8 Å². The Bertz CT molecular complexity index is 307. The van der Waals surface area contributed by atoms with Crippen molar-refractivity contribution in [3.63, 3.8) is 0 Å². The summed E-state index contributed by atoms with van der Waals surface area (Å²) in [6.07, 6.45) is 2.20. The molecular weight excluding hydrogens is 200 g/mol. The molecule has 0 saturated carbocycles. The monoisotopic (exact) mass is 220 g/mol. The molecule has 0 amide bonds. The molecule has 16 heavy (non-hydrogen) atoms. The van der Waals surface area contributed by atoms with Crippen LogP contribution in [0.15, 0.2) is 30.3 Å². The molecule has 1 aliphatic heterocycles. The minimum absolute atomic E-state index is 0.0198. The summed E-state index contributed by atoms with van der Waals surface area (Å²) in [5, 5.41) is 3.55. The summed E-state index contributed by atoms with van der Waals surface area (Å²) in [5.74, 6) is 0. The van der Waals surface area contributed by atoms with Gasteiger partial charge in [0.15, 0.2) is 0 Å². The summed E-state index contributed by atoms with van der Waals surface area (Å²) in [7, 11) is 0. The van der Waals surface area contributed by atoms with Gasteiger partial charge in [-0.3, -0.25) is 0 Å². The van der Waals surface area contributed by atoms with Gasteiger partial charge in [-0.2, -0.15) is 0 Å². The third-order valence-corrected chi connectivity index (χ3v) is 3.22. The molecule has 88 valence electrons. The van der Waals surface area contributed by atoms with E-state index >= 15 is 0 Å². The number of hydrogen-bond donors (Lipinski definition) is 2. The van der Waals surface area contributed by atoms with Gasteiger partial charge in [0.2, 0.25) is 0 Å². The van der Waals surface area contributed by atoms with E-state index in [1.807, 2.05) is 6.07 Å². The first kappa shape index (κ1) is 11.6. The van der Waals surface area contributed by atoms with Crippen molar-refractivity contribution in [3.05, 3.63) is 35.9 Å². The number of nitrogens with one attached hydrogen (secondary N) is 1. The van der Waals surface area contributed by atoms with Crippen molar-refractivity contribution in [2.24, 2.45) is 5.73 Å². The average molecular weight is 220 g/mol. The van der Waals surface area contributed by atoms with Crippen LogP contribution < -0.4 is 11.1 Å². The summed E-state index contributed by atoms with van der Waals surface area (Å²) in [5.41, 5.74) is 7.13. The fourth-order valence-corrected chi connectivity index (χ4v) is 2.11. The lowest BCUT2D eigenvalue weighted by Crippen LogP contribution is -2.56. The summed E-state index contributed by atoms with van der Waals surface area (Å²) in [4.78, 5) is 0. The van der Waals surface area contributed by atoms with Gasteiger partial charge in [-0.15, -0.1) is 0 Å². The molecule has 0 radical (unpaired) electrons.